The van der Waals surface area contributed by atoms with Crippen molar-refractivity contribution in [1.82, 2.24) is 9.80 Å². The molecule has 4 heteroatoms. The van der Waals surface area contributed by atoms with Crippen LogP contribution in [0.3, 0.4) is 0 Å². The summed E-state index contributed by atoms with van der Waals surface area (Å²) in [4.78, 5) is 5.07. The van der Waals surface area contributed by atoms with Crippen molar-refractivity contribution in [2.24, 2.45) is 5.92 Å². The van der Waals surface area contributed by atoms with Gasteiger partial charge in [-0.25, -0.2) is 0 Å². The first-order valence-electron chi connectivity index (χ1n) is 9.02. The van der Waals surface area contributed by atoms with Crippen molar-refractivity contribution in [3.63, 3.8) is 0 Å². The quantitative estimate of drug-likeness (QED) is 0.579. The lowest BCUT2D eigenvalue weighted by Crippen LogP contribution is -2.53. The van der Waals surface area contributed by atoms with Gasteiger partial charge in [-0.15, -0.1) is 0 Å². The molecule has 1 aliphatic rings. The van der Waals surface area contributed by atoms with Crippen LogP contribution < -0.4 is 0 Å². The number of piperazine rings is 1. The molecule has 0 aromatic carbocycles. The SMILES string of the molecule is CC(C)CCCOCCOCCN1CCN(C(C)(C)C)CC1. The highest BCUT2D eigenvalue weighted by Crippen LogP contribution is 2.15. The molecule has 0 radical (unpaired) electrons. The molecule has 132 valence electrons. The Morgan fingerprint density at radius 1 is 0.864 bits per heavy atom. The van der Waals surface area contributed by atoms with Crippen LogP contribution in [0.2, 0.25) is 0 Å². The van der Waals surface area contributed by atoms with E-state index in [0.29, 0.717) is 5.54 Å². The third kappa shape index (κ3) is 9.09. The van der Waals surface area contributed by atoms with Gasteiger partial charge < -0.3 is 9.47 Å². The molecule has 1 fully saturated rings. The summed E-state index contributed by atoms with van der Waals surface area (Å²) in [5, 5.41) is 0. The highest BCUT2D eigenvalue weighted by atomic mass is 16.5. The lowest BCUT2D eigenvalue weighted by Gasteiger charge is -2.42. The highest BCUT2D eigenvalue weighted by Gasteiger charge is 2.25. The van der Waals surface area contributed by atoms with E-state index in [4.69, 9.17) is 9.47 Å². The van der Waals surface area contributed by atoms with E-state index in [1.54, 1.807) is 0 Å². The van der Waals surface area contributed by atoms with Crippen LogP contribution in [0.1, 0.15) is 47.5 Å². The standard InChI is InChI=1S/C18H38N2O2/c1-17(2)7-6-13-21-15-16-22-14-12-19-8-10-20(11-9-19)18(3,4)5/h17H,6-16H2,1-5H3. The maximum atomic E-state index is 5.68. The van der Waals surface area contributed by atoms with Gasteiger partial charge in [0, 0.05) is 44.9 Å². The van der Waals surface area contributed by atoms with Gasteiger partial charge in [-0.3, -0.25) is 9.80 Å². The van der Waals surface area contributed by atoms with E-state index in [2.05, 4.69) is 44.4 Å². The van der Waals surface area contributed by atoms with Crippen molar-refractivity contribution >= 4 is 0 Å². The first-order valence-corrected chi connectivity index (χ1v) is 9.02. The summed E-state index contributed by atoms with van der Waals surface area (Å²) in [6.45, 7) is 20.3. The van der Waals surface area contributed by atoms with Gasteiger partial charge in [0.2, 0.25) is 0 Å². The van der Waals surface area contributed by atoms with E-state index in [0.717, 1.165) is 58.4 Å². The van der Waals surface area contributed by atoms with Crippen LogP contribution in [0.5, 0.6) is 0 Å². The van der Waals surface area contributed by atoms with Crippen LogP contribution in [-0.4, -0.2) is 74.5 Å². The Morgan fingerprint density at radius 2 is 1.45 bits per heavy atom. The fourth-order valence-electron chi connectivity index (χ4n) is 2.75. The Kier molecular flexibility index (Phi) is 9.57. The Bertz CT molecular complexity index is 269. The topological polar surface area (TPSA) is 24.9 Å². The van der Waals surface area contributed by atoms with E-state index >= 15 is 0 Å². The predicted octanol–water partition coefficient (Wildman–Crippen LogP) is 2.87. The minimum atomic E-state index is 0.301. The summed E-state index contributed by atoms with van der Waals surface area (Å²) >= 11 is 0. The molecule has 0 aliphatic carbocycles. The maximum absolute atomic E-state index is 5.68. The van der Waals surface area contributed by atoms with Crippen LogP contribution in [-0.2, 0) is 9.47 Å². The number of rotatable bonds is 10. The first kappa shape index (κ1) is 19.9. The molecule has 1 heterocycles. The lowest BCUT2D eigenvalue weighted by molar-refractivity contribution is 0.0203. The molecule has 0 aromatic heterocycles. The zero-order chi connectivity index (χ0) is 16.4. The van der Waals surface area contributed by atoms with Crippen molar-refractivity contribution in [2.45, 2.75) is 53.0 Å². The van der Waals surface area contributed by atoms with Gasteiger partial charge in [0.05, 0.1) is 19.8 Å². The fraction of sp³-hybridized carbons (Fsp3) is 1.00. The molecule has 1 rings (SSSR count). The Labute approximate surface area is 138 Å². The Balaban J connectivity index is 1.90. The van der Waals surface area contributed by atoms with E-state index in [1.807, 2.05) is 0 Å². The van der Waals surface area contributed by atoms with Gasteiger partial charge in [0.25, 0.3) is 0 Å². The third-order valence-electron chi connectivity index (χ3n) is 4.31. The molecule has 0 saturated carbocycles. The number of hydrogen-bond donors (Lipinski definition) is 0. The van der Waals surface area contributed by atoms with Crippen LogP contribution >= 0.6 is 0 Å². The Morgan fingerprint density at radius 3 is 2.00 bits per heavy atom. The van der Waals surface area contributed by atoms with E-state index in [1.165, 1.54) is 19.5 Å². The van der Waals surface area contributed by atoms with E-state index < -0.39 is 0 Å². The van der Waals surface area contributed by atoms with Gasteiger partial charge in [0.15, 0.2) is 0 Å². The molecular formula is C18H38N2O2. The second-order valence-corrected chi connectivity index (χ2v) is 7.76. The van der Waals surface area contributed by atoms with E-state index in [-0.39, 0.29) is 0 Å². The van der Waals surface area contributed by atoms with Crippen molar-refractivity contribution in [2.75, 3.05) is 59.2 Å². The van der Waals surface area contributed by atoms with Gasteiger partial charge in [-0.2, -0.15) is 0 Å². The molecule has 0 atom stereocenters. The molecule has 0 unspecified atom stereocenters. The Hall–Kier alpha value is -0.160. The van der Waals surface area contributed by atoms with Crippen LogP contribution in [0.15, 0.2) is 0 Å². The molecule has 0 bridgehead atoms. The summed E-state index contributed by atoms with van der Waals surface area (Å²) in [5.41, 5.74) is 0.301. The van der Waals surface area contributed by atoms with Gasteiger partial charge in [0.1, 0.15) is 0 Å². The average molecular weight is 315 g/mol. The maximum Gasteiger partial charge on any atom is 0.0701 e. The number of ether oxygens (including phenoxy) is 2. The fourth-order valence-corrected chi connectivity index (χ4v) is 2.75. The molecule has 0 N–H and O–H groups in total. The minimum Gasteiger partial charge on any atom is -0.379 e. The average Bonchev–Trinajstić information content (AvgIpc) is 2.45. The molecule has 0 aromatic rings. The molecule has 0 spiro atoms. The monoisotopic (exact) mass is 314 g/mol. The predicted molar refractivity (Wildman–Crippen MR) is 93.5 cm³/mol. The molecule has 1 aliphatic heterocycles. The van der Waals surface area contributed by atoms with Crippen LogP contribution in [0.4, 0.5) is 0 Å². The second-order valence-electron chi connectivity index (χ2n) is 7.76. The number of nitrogens with zero attached hydrogens (tertiary/aromatic N) is 2. The second kappa shape index (κ2) is 10.6. The molecule has 4 nitrogen and oxygen atoms in total. The van der Waals surface area contributed by atoms with E-state index in [9.17, 15) is 0 Å². The highest BCUT2D eigenvalue weighted by molar-refractivity contribution is 4.81. The molecule has 22 heavy (non-hydrogen) atoms. The summed E-state index contributed by atoms with van der Waals surface area (Å²) in [5.74, 6) is 0.776. The van der Waals surface area contributed by atoms with Gasteiger partial charge >= 0.3 is 0 Å². The van der Waals surface area contributed by atoms with Crippen molar-refractivity contribution < 1.29 is 9.47 Å². The molecule has 0 amide bonds. The summed E-state index contributed by atoms with van der Waals surface area (Å²) in [6.07, 6.45) is 2.41. The summed E-state index contributed by atoms with van der Waals surface area (Å²) in [7, 11) is 0. The van der Waals surface area contributed by atoms with Gasteiger partial charge in [-0.05, 0) is 39.5 Å². The third-order valence-corrected chi connectivity index (χ3v) is 4.31. The molecule has 1 saturated heterocycles. The number of hydrogen-bond acceptors (Lipinski definition) is 4. The summed E-state index contributed by atoms with van der Waals surface area (Å²) < 4.78 is 11.3. The molecular weight excluding hydrogens is 276 g/mol. The van der Waals surface area contributed by atoms with Crippen LogP contribution in [0.25, 0.3) is 0 Å². The van der Waals surface area contributed by atoms with Gasteiger partial charge in [-0.1, -0.05) is 13.8 Å². The van der Waals surface area contributed by atoms with Crippen molar-refractivity contribution in [1.29, 1.82) is 0 Å². The normalized spacial score (nSPS) is 18.3. The van der Waals surface area contributed by atoms with Crippen molar-refractivity contribution in [3.05, 3.63) is 0 Å². The zero-order valence-corrected chi connectivity index (χ0v) is 15.6. The first-order chi connectivity index (χ1) is 10.4. The smallest absolute Gasteiger partial charge is 0.0701 e. The minimum absolute atomic E-state index is 0.301. The van der Waals surface area contributed by atoms with Crippen LogP contribution in [0, 0.1) is 5.92 Å². The largest absolute Gasteiger partial charge is 0.379 e. The summed E-state index contributed by atoms with van der Waals surface area (Å²) in [6, 6.07) is 0. The van der Waals surface area contributed by atoms with Crippen molar-refractivity contribution in [3.8, 4) is 0 Å². The zero-order valence-electron chi connectivity index (χ0n) is 15.6. The lowest BCUT2D eigenvalue weighted by atomic mass is 10.1.